The molecule has 4 heteroatoms. The van der Waals surface area contributed by atoms with Crippen molar-refractivity contribution in [2.45, 2.75) is 6.92 Å². The first-order chi connectivity index (χ1) is 7.78. The molecule has 0 aliphatic heterocycles. The number of hydrogen-bond acceptors (Lipinski definition) is 4. The third-order valence-corrected chi connectivity index (χ3v) is 1.99. The molecule has 80 valence electrons. The second kappa shape index (κ2) is 4.53. The molecule has 16 heavy (non-hydrogen) atoms. The van der Waals surface area contributed by atoms with E-state index in [1.54, 1.807) is 18.5 Å². The first-order valence-electron chi connectivity index (χ1n) is 4.78. The van der Waals surface area contributed by atoms with E-state index in [4.69, 9.17) is 4.74 Å². The maximum Gasteiger partial charge on any atom is 0.151 e. The molecule has 2 rings (SSSR count). The minimum atomic E-state index is 0.484. The zero-order valence-electron chi connectivity index (χ0n) is 8.75. The molecule has 0 N–H and O–H groups in total. The van der Waals surface area contributed by atoms with Crippen LogP contribution >= 0.6 is 0 Å². The molecule has 0 atom stereocenters. The van der Waals surface area contributed by atoms with Gasteiger partial charge in [-0.05, 0) is 25.1 Å². The molecular weight excluding hydrogens is 204 g/mol. The fourth-order valence-corrected chi connectivity index (χ4v) is 1.21. The fourth-order valence-electron chi connectivity index (χ4n) is 1.21. The van der Waals surface area contributed by atoms with Crippen LogP contribution in [0.25, 0.3) is 0 Å². The summed E-state index contributed by atoms with van der Waals surface area (Å²) in [5, 5.41) is 0. The molecule has 2 aromatic rings. The zero-order valence-corrected chi connectivity index (χ0v) is 8.75. The van der Waals surface area contributed by atoms with Crippen LogP contribution in [0.2, 0.25) is 0 Å². The average Bonchev–Trinajstić information content (AvgIpc) is 2.32. The average molecular weight is 214 g/mol. The molecule has 4 nitrogen and oxygen atoms in total. The van der Waals surface area contributed by atoms with E-state index in [9.17, 15) is 4.79 Å². The van der Waals surface area contributed by atoms with Gasteiger partial charge in [-0.25, -0.2) is 0 Å². The highest BCUT2D eigenvalue weighted by atomic mass is 16.5. The molecule has 0 saturated heterocycles. The smallest absolute Gasteiger partial charge is 0.151 e. The highest BCUT2D eigenvalue weighted by Crippen LogP contribution is 2.19. The standard InChI is InChI=1S/C12H10N2O2/c1-9-2-3-11(7-14-9)16-12-4-10(8-15)5-13-6-12/h2-8H,1H3. The summed E-state index contributed by atoms with van der Waals surface area (Å²) >= 11 is 0. The van der Waals surface area contributed by atoms with Crippen molar-refractivity contribution in [3.63, 3.8) is 0 Å². The summed E-state index contributed by atoms with van der Waals surface area (Å²) in [5.41, 5.74) is 1.41. The summed E-state index contributed by atoms with van der Waals surface area (Å²) in [5.74, 6) is 1.14. The van der Waals surface area contributed by atoms with E-state index in [0.29, 0.717) is 17.1 Å². The van der Waals surface area contributed by atoms with Gasteiger partial charge in [0.05, 0.1) is 12.4 Å². The second-order valence-corrected chi connectivity index (χ2v) is 3.31. The molecule has 0 aromatic carbocycles. The van der Waals surface area contributed by atoms with Crippen molar-refractivity contribution in [1.82, 2.24) is 9.97 Å². The van der Waals surface area contributed by atoms with Gasteiger partial charge in [-0.1, -0.05) is 0 Å². The Balaban J connectivity index is 2.20. The predicted molar refractivity (Wildman–Crippen MR) is 58.7 cm³/mol. The van der Waals surface area contributed by atoms with Crippen LogP contribution in [-0.4, -0.2) is 16.3 Å². The molecule has 0 amide bonds. The quantitative estimate of drug-likeness (QED) is 0.736. The van der Waals surface area contributed by atoms with Crippen molar-refractivity contribution in [3.8, 4) is 11.5 Å². The lowest BCUT2D eigenvalue weighted by Gasteiger charge is -2.04. The van der Waals surface area contributed by atoms with Crippen molar-refractivity contribution in [2.75, 3.05) is 0 Å². The van der Waals surface area contributed by atoms with E-state index >= 15 is 0 Å². The molecule has 0 aliphatic rings. The van der Waals surface area contributed by atoms with Crippen molar-refractivity contribution >= 4 is 6.29 Å². The van der Waals surface area contributed by atoms with Crippen LogP contribution < -0.4 is 4.74 Å². The Morgan fingerprint density at radius 2 is 2.06 bits per heavy atom. The summed E-state index contributed by atoms with van der Waals surface area (Å²) in [6.07, 6.45) is 5.39. The molecule has 0 unspecified atom stereocenters. The predicted octanol–water partition coefficient (Wildman–Crippen LogP) is 2.39. The Hall–Kier alpha value is -2.23. The summed E-state index contributed by atoms with van der Waals surface area (Å²) in [6.45, 7) is 1.90. The highest BCUT2D eigenvalue weighted by molar-refractivity contribution is 5.74. The number of aromatic nitrogens is 2. The number of rotatable bonds is 3. The molecule has 0 aliphatic carbocycles. The molecule has 0 radical (unpaired) electrons. The third kappa shape index (κ3) is 2.42. The Labute approximate surface area is 92.9 Å². The first-order valence-corrected chi connectivity index (χ1v) is 4.78. The van der Waals surface area contributed by atoms with Crippen LogP contribution in [-0.2, 0) is 0 Å². The van der Waals surface area contributed by atoms with Gasteiger partial charge < -0.3 is 4.74 Å². The molecule has 2 heterocycles. The van der Waals surface area contributed by atoms with Gasteiger partial charge in [-0.3, -0.25) is 14.8 Å². The van der Waals surface area contributed by atoms with Crippen molar-refractivity contribution in [2.24, 2.45) is 0 Å². The van der Waals surface area contributed by atoms with Crippen LogP contribution in [0.4, 0.5) is 0 Å². The third-order valence-electron chi connectivity index (χ3n) is 1.99. The second-order valence-electron chi connectivity index (χ2n) is 3.31. The van der Waals surface area contributed by atoms with E-state index in [0.717, 1.165) is 12.0 Å². The van der Waals surface area contributed by atoms with E-state index < -0.39 is 0 Å². The highest BCUT2D eigenvalue weighted by Gasteiger charge is 1.99. The van der Waals surface area contributed by atoms with E-state index in [1.807, 2.05) is 19.1 Å². The fraction of sp³-hybridized carbons (Fsp3) is 0.0833. The van der Waals surface area contributed by atoms with Crippen molar-refractivity contribution in [1.29, 1.82) is 0 Å². The number of carbonyl (C=O) groups excluding carboxylic acids is 1. The molecule has 0 saturated carbocycles. The number of aryl methyl sites for hydroxylation is 1. The van der Waals surface area contributed by atoms with Gasteiger partial charge in [0.15, 0.2) is 6.29 Å². The van der Waals surface area contributed by atoms with Gasteiger partial charge in [0.2, 0.25) is 0 Å². The molecule has 2 aromatic heterocycles. The van der Waals surface area contributed by atoms with Gasteiger partial charge in [0.25, 0.3) is 0 Å². The normalized spacial score (nSPS) is 9.81. The number of aldehydes is 1. The lowest BCUT2D eigenvalue weighted by atomic mass is 10.3. The Morgan fingerprint density at radius 3 is 2.75 bits per heavy atom. The van der Waals surface area contributed by atoms with Gasteiger partial charge in [0.1, 0.15) is 11.5 Å². The number of hydrogen-bond donors (Lipinski definition) is 0. The van der Waals surface area contributed by atoms with Crippen LogP contribution in [0.1, 0.15) is 16.1 Å². The van der Waals surface area contributed by atoms with Crippen LogP contribution in [0, 0.1) is 6.92 Å². The van der Waals surface area contributed by atoms with E-state index in [-0.39, 0.29) is 0 Å². The van der Waals surface area contributed by atoms with E-state index in [2.05, 4.69) is 9.97 Å². The Bertz CT molecular complexity index is 495. The topological polar surface area (TPSA) is 52.1 Å². The largest absolute Gasteiger partial charge is 0.454 e. The molecule has 0 fully saturated rings. The lowest BCUT2D eigenvalue weighted by Crippen LogP contribution is -1.89. The van der Waals surface area contributed by atoms with Gasteiger partial charge in [-0.2, -0.15) is 0 Å². The summed E-state index contributed by atoms with van der Waals surface area (Å²) in [6, 6.07) is 5.29. The van der Waals surface area contributed by atoms with Crippen molar-refractivity contribution < 1.29 is 9.53 Å². The van der Waals surface area contributed by atoms with Gasteiger partial charge in [-0.15, -0.1) is 0 Å². The minimum Gasteiger partial charge on any atom is -0.454 e. The summed E-state index contributed by atoms with van der Waals surface area (Å²) in [7, 11) is 0. The summed E-state index contributed by atoms with van der Waals surface area (Å²) in [4.78, 5) is 18.5. The summed E-state index contributed by atoms with van der Waals surface area (Å²) < 4.78 is 5.49. The van der Waals surface area contributed by atoms with E-state index in [1.165, 1.54) is 6.20 Å². The minimum absolute atomic E-state index is 0.484. The number of nitrogens with zero attached hydrogens (tertiary/aromatic N) is 2. The first kappa shape index (κ1) is 10.3. The Morgan fingerprint density at radius 1 is 1.19 bits per heavy atom. The van der Waals surface area contributed by atoms with Crippen LogP contribution in [0.15, 0.2) is 36.8 Å². The monoisotopic (exact) mass is 214 g/mol. The van der Waals surface area contributed by atoms with Gasteiger partial charge >= 0.3 is 0 Å². The molecule has 0 spiro atoms. The Kier molecular flexibility index (Phi) is 2.91. The number of ether oxygens (including phenoxy) is 1. The maximum atomic E-state index is 10.5. The van der Waals surface area contributed by atoms with Crippen LogP contribution in [0.5, 0.6) is 11.5 Å². The number of pyridine rings is 2. The SMILES string of the molecule is Cc1ccc(Oc2cncc(C=O)c2)cn1. The number of carbonyl (C=O) groups is 1. The molecule has 0 bridgehead atoms. The van der Waals surface area contributed by atoms with Crippen molar-refractivity contribution in [3.05, 3.63) is 48.0 Å². The van der Waals surface area contributed by atoms with Gasteiger partial charge in [0, 0.05) is 17.5 Å². The van der Waals surface area contributed by atoms with Crippen LogP contribution in [0.3, 0.4) is 0 Å². The lowest BCUT2D eigenvalue weighted by molar-refractivity contribution is 0.112. The zero-order chi connectivity index (χ0) is 11.4. The molecular formula is C12H10N2O2. The maximum absolute atomic E-state index is 10.5.